The second-order valence-electron chi connectivity index (χ2n) is 11.7. The molecule has 2 N–H and O–H groups in total. The van der Waals surface area contributed by atoms with Gasteiger partial charge in [0.25, 0.3) is 0 Å². The average Bonchev–Trinajstić information content (AvgIpc) is 3.00. The Kier molecular flexibility index (Phi) is 10.8. The largest absolute Gasteiger partial charge is 0.478 e. The summed E-state index contributed by atoms with van der Waals surface area (Å²) in [6.45, 7) is 9.04. The Morgan fingerprint density at radius 2 is 1.66 bits per heavy atom. The van der Waals surface area contributed by atoms with E-state index in [0.717, 1.165) is 22.3 Å². The molecule has 10 heteroatoms. The fourth-order valence-electron chi connectivity index (χ4n) is 5.10. The highest BCUT2D eigenvalue weighted by molar-refractivity contribution is 5.78. The lowest BCUT2D eigenvalue weighted by molar-refractivity contribution is -0.123. The Morgan fingerprint density at radius 1 is 0.955 bits per heavy atom. The fraction of sp³-hybridized carbons (Fsp3) is 0.412. The number of alkyl carbamates (subject to hydrolysis) is 1. The molecule has 2 aromatic carbocycles. The van der Waals surface area contributed by atoms with E-state index in [1.54, 1.807) is 11.1 Å². The molecule has 1 aromatic heterocycles. The van der Waals surface area contributed by atoms with Crippen molar-refractivity contribution in [2.45, 2.75) is 64.7 Å². The predicted octanol–water partition coefficient (Wildman–Crippen LogP) is 5.81. The minimum Gasteiger partial charge on any atom is -0.478 e. The van der Waals surface area contributed by atoms with Crippen molar-refractivity contribution in [2.24, 2.45) is 0 Å². The zero-order valence-electron chi connectivity index (χ0n) is 25.9. The molecule has 44 heavy (non-hydrogen) atoms. The van der Waals surface area contributed by atoms with Crippen molar-refractivity contribution in [3.63, 3.8) is 0 Å². The number of aromatic nitrogens is 1. The quantitative estimate of drug-likeness (QED) is 0.301. The molecule has 1 fully saturated rings. The van der Waals surface area contributed by atoms with E-state index in [4.69, 9.17) is 14.2 Å². The van der Waals surface area contributed by atoms with Crippen LogP contribution in [0.4, 0.5) is 9.59 Å². The van der Waals surface area contributed by atoms with Gasteiger partial charge in [0.15, 0.2) is 0 Å². The van der Waals surface area contributed by atoms with Crippen LogP contribution in [-0.2, 0) is 26.4 Å². The smallest absolute Gasteiger partial charge is 0.410 e. The van der Waals surface area contributed by atoms with Crippen molar-refractivity contribution >= 4 is 18.1 Å². The summed E-state index contributed by atoms with van der Waals surface area (Å²) in [6, 6.07) is 21.2. The van der Waals surface area contributed by atoms with Gasteiger partial charge >= 0.3 is 12.2 Å². The van der Waals surface area contributed by atoms with E-state index in [9.17, 15) is 14.4 Å². The van der Waals surface area contributed by atoms with Crippen molar-refractivity contribution in [3.05, 3.63) is 84.1 Å². The maximum Gasteiger partial charge on any atom is 0.410 e. The van der Waals surface area contributed by atoms with Crippen LogP contribution in [0.5, 0.6) is 5.88 Å². The number of carbonyl (C=O) groups is 3. The fourth-order valence-corrected chi connectivity index (χ4v) is 5.10. The summed E-state index contributed by atoms with van der Waals surface area (Å²) < 4.78 is 16.5. The Labute approximate surface area is 259 Å². The lowest BCUT2D eigenvalue weighted by atomic mass is 9.80. The number of hydrogen-bond acceptors (Lipinski definition) is 7. The van der Waals surface area contributed by atoms with Gasteiger partial charge in [0.1, 0.15) is 12.2 Å². The molecular weight excluding hydrogens is 560 g/mol. The molecule has 0 spiro atoms. The molecule has 0 unspecified atom stereocenters. The summed E-state index contributed by atoms with van der Waals surface area (Å²) in [6.07, 6.45) is 1.82. The molecule has 1 aliphatic heterocycles. The zero-order valence-corrected chi connectivity index (χ0v) is 25.9. The van der Waals surface area contributed by atoms with Gasteiger partial charge in [-0.2, -0.15) is 0 Å². The second kappa shape index (κ2) is 14.7. The third kappa shape index (κ3) is 8.95. The topological polar surface area (TPSA) is 119 Å². The number of piperidine rings is 1. The van der Waals surface area contributed by atoms with Gasteiger partial charge in [-0.05, 0) is 69.4 Å². The standard InChI is InChI=1S/C34H42N4O6/c1-5-42-30-28(12-9-20-35-30)26-13-15-27(16-14-26)34(18-22-38(23-19-34)32(41)44-33(2,3)4)37-29(39)17-21-36-31(40)43-24-25-10-7-6-8-11-25/h6-16,20H,5,17-19,21-24H2,1-4H3,(H,36,40)(H,37,39). The van der Waals surface area contributed by atoms with E-state index in [1.165, 1.54) is 0 Å². The minimum atomic E-state index is -0.709. The number of nitrogens with zero attached hydrogens (tertiary/aromatic N) is 2. The number of ether oxygens (including phenoxy) is 3. The van der Waals surface area contributed by atoms with Crippen molar-refractivity contribution in [2.75, 3.05) is 26.2 Å². The van der Waals surface area contributed by atoms with Gasteiger partial charge in [-0.15, -0.1) is 0 Å². The second-order valence-corrected chi connectivity index (χ2v) is 11.7. The number of likely N-dealkylation sites (tertiary alicyclic amines) is 1. The van der Waals surface area contributed by atoms with Crippen LogP contribution in [-0.4, -0.2) is 59.8 Å². The van der Waals surface area contributed by atoms with Gasteiger partial charge in [-0.1, -0.05) is 54.6 Å². The number of nitrogens with one attached hydrogen (secondary N) is 2. The first-order valence-corrected chi connectivity index (χ1v) is 15.0. The number of amides is 3. The molecule has 0 saturated carbocycles. The monoisotopic (exact) mass is 602 g/mol. The SMILES string of the molecule is CCOc1ncccc1-c1ccc(C2(NC(=O)CCNC(=O)OCc3ccccc3)CCN(C(=O)OC(C)(C)C)CC2)cc1. The van der Waals surface area contributed by atoms with Crippen LogP contribution in [0.15, 0.2) is 72.9 Å². The van der Waals surface area contributed by atoms with Crippen LogP contribution in [0.3, 0.4) is 0 Å². The third-order valence-electron chi connectivity index (χ3n) is 7.28. The number of hydrogen-bond donors (Lipinski definition) is 2. The van der Waals surface area contributed by atoms with Gasteiger partial charge < -0.3 is 29.7 Å². The van der Waals surface area contributed by atoms with Crippen LogP contribution in [0.25, 0.3) is 11.1 Å². The Balaban J connectivity index is 1.44. The number of pyridine rings is 1. The summed E-state index contributed by atoms with van der Waals surface area (Å²) >= 11 is 0. The van der Waals surface area contributed by atoms with Gasteiger partial charge in [0, 0.05) is 37.8 Å². The van der Waals surface area contributed by atoms with E-state index >= 15 is 0 Å². The molecule has 0 bridgehead atoms. The molecular formula is C34H42N4O6. The lowest BCUT2D eigenvalue weighted by Crippen LogP contribution is -2.54. The zero-order chi connectivity index (χ0) is 31.6. The first kappa shape index (κ1) is 32.3. The van der Waals surface area contributed by atoms with E-state index in [0.29, 0.717) is 38.4 Å². The number of rotatable bonds is 10. The summed E-state index contributed by atoms with van der Waals surface area (Å²) in [5.74, 6) is 0.347. The molecule has 1 saturated heterocycles. The molecule has 1 aliphatic rings. The molecule has 2 heterocycles. The van der Waals surface area contributed by atoms with Crippen LogP contribution in [0.2, 0.25) is 0 Å². The normalized spacial score (nSPS) is 14.3. The predicted molar refractivity (Wildman–Crippen MR) is 167 cm³/mol. The molecule has 234 valence electrons. The Bertz CT molecular complexity index is 1400. The van der Waals surface area contributed by atoms with Gasteiger partial charge in [0.05, 0.1) is 12.1 Å². The van der Waals surface area contributed by atoms with E-state index < -0.39 is 17.2 Å². The van der Waals surface area contributed by atoms with Crippen molar-refractivity contribution in [1.29, 1.82) is 0 Å². The number of benzene rings is 2. The highest BCUT2D eigenvalue weighted by atomic mass is 16.6. The van der Waals surface area contributed by atoms with Crippen LogP contribution in [0.1, 0.15) is 58.1 Å². The van der Waals surface area contributed by atoms with E-state index in [2.05, 4.69) is 15.6 Å². The van der Waals surface area contributed by atoms with E-state index in [1.807, 2.05) is 94.4 Å². The minimum absolute atomic E-state index is 0.0729. The molecule has 3 amide bonds. The van der Waals surface area contributed by atoms with E-state index in [-0.39, 0.29) is 31.6 Å². The first-order chi connectivity index (χ1) is 21.1. The lowest BCUT2D eigenvalue weighted by Gasteiger charge is -2.43. The molecule has 10 nitrogen and oxygen atoms in total. The summed E-state index contributed by atoms with van der Waals surface area (Å²) in [7, 11) is 0. The van der Waals surface area contributed by atoms with Gasteiger partial charge in [0.2, 0.25) is 11.8 Å². The molecule has 0 aliphatic carbocycles. The Morgan fingerprint density at radius 3 is 2.32 bits per heavy atom. The number of carbonyl (C=O) groups excluding carboxylic acids is 3. The van der Waals surface area contributed by atoms with Crippen LogP contribution >= 0.6 is 0 Å². The summed E-state index contributed by atoms with van der Waals surface area (Å²) in [5.41, 5.74) is 2.32. The first-order valence-electron chi connectivity index (χ1n) is 15.0. The summed E-state index contributed by atoms with van der Waals surface area (Å²) in [5, 5.41) is 5.88. The van der Waals surface area contributed by atoms with Crippen LogP contribution < -0.4 is 15.4 Å². The maximum atomic E-state index is 13.2. The third-order valence-corrected chi connectivity index (χ3v) is 7.28. The summed E-state index contributed by atoms with van der Waals surface area (Å²) in [4.78, 5) is 44.2. The van der Waals surface area contributed by atoms with Crippen molar-refractivity contribution < 1.29 is 28.6 Å². The van der Waals surface area contributed by atoms with Gasteiger partial charge in [-0.25, -0.2) is 14.6 Å². The Hall–Kier alpha value is -4.60. The maximum absolute atomic E-state index is 13.2. The highest BCUT2D eigenvalue weighted by Gasteiger charge is 2.39. The molecule has 4 rings (SSSR count). The van der Waals surface area contributed by atoms with Crippen molar-refractivity contribution in [1.82, 2.24) is 20.5 Å². The molecule has 3 aromatic rings. The van der Waals surface area contributed by atoms with Crippen molar-refractivity contribution in [3.8, 4) is 17.0 Å². The van der Waals surface area contributed by atoms with Crippen LogP contribution in [0, 0.1) is 0 Å². The van der Waals surface area contributed by atoms with Gasteiger partial charge in [-0.3, -0.25) is 4.79 Å². The molecule has 0 radical (unpaired) electrons. The highest BCUT2D eigenvalue weighted by Crippen LogP contribution is 2.36. The molecule has 0 atom stereocenters. The average molecular weight is 603 g/mol.